The molecule has 0 saturated heterocycles. The Morgan fingerprint density at radius 1 is 1.25 bits per heavy atom. The Labute approximate surface area is 105 Å². The fourth-order valence-corrected chi connectivity index (χ4v) is 2.17. The smallest absolute Gasteiger partial charge is 0.164 e. The standard InChI is InChI=1S/C13H12Cl2O/c14-12-6-7-13(15,16)11(9-12)8-10-4-2-1-3-5-10/h1-7,9,11,16H,8H2. The molecule has 1 aromatic carbocycles. The van der Waals surface area contributed by atoms with Gasteiger partial charge in [-0.2, -0.15) is 0 Å². The number of alkyl halides is 1. The monoisotopic (exact) mass is 254 g/mol. The topological polar surface area (TPSA) is 20.2 Å². The van der Waals surface area contributed by atoms with E-state index < -0.39 is 5.06 Å². The largest absolute Gasteiger partial charge is 0.371 e. The summed E-state index contributed by atoms with van der Waals surface area (Å²) < 4.78 is 0. The molecule has 1 nitrogen and oxygen atoms in total. The Morgan fingerprint density at radius 3 is 2.62 bits per heavy atom. The van der Waals surface area contributed by atoms with Crippen molar-refractivity contribution in [2.45, 2.75) is 11.5 Å². The van der Waals surface area contributed by atoms with Gasteiger partial charge in [-0.15, -0.1) is 0 Å². The molecule has 1 N–H and O–H groups in total. The molecule has 16 heavy (non-hydrogen) atoms. The van der Waals surface area contributed by atoms with Gasteiger partial charge in [0, 0.05) is 11.0 Å². The van der Waals surface area contributed by atoms with E-state index in [4.69, 9.17) is 23.2 Å². The van der Waals surface area contributed by atoms with Gasteiger partial charge in [0.15, 0.2) is 5.06 Å². The molecule has 0 aromatic heterocycles. The fraction of sp³-hybridized carbons (Fsp3) is 0.231. The summed E-state index contributed by atoms with van der Waals surface area (Å²) in [5.74, 6) is -0.200. The molecule has 84 valence electrons. The van der Waals surface area contributed by atoms with Gasteiger partial charge in [0.25, 0.3) is 0 Å². The third-order valence-electron chi connectivity index (χ3n) is 2.66. The van der Waals surface area contributed by atoms with Crippen molar-refractivity contribution in [3.05, 3.63) is 59.2 Å². The second kappa shape index (κ2) is 4.62. The number of benzene rings is 1. The van der Waals surface area contributed by atoms with Crippen LogP contribution in [0.5, 0.6) is 0 Å². The van der Waals surface area contributed by atoms with Gasteiger partial charge in [0.2, 0.25) is 0 Å². The highest BCUT2D eigenvalue weighted by molar-refractivity contribution is 6.32. The maximum atomic E-state index is 9.99. The van der Waals surface area contributed by atoms with E-state index in [1.165, 1.54) is 6.08 Å². The molecule has 0 radical (unpaired) electrons. The number of halogens is 2. The second-order valence-corrected chi connectivity index (χ2v) is 4.95. The molecule has 0 fully saturated rings. The number of allylic oxidation sites excluding steroid dienone is 2. The molecular weight excluding hydrogens is 243 g/mol. The van der Waals surface area contributed by atoms with Crippen molar-refractivity contribution in [1.29, 1.82) is 0 Å². The second-order valence-electron chi connectivity index (χ2n) is 3.91. The van der Waals surface area contributed by atoms with Crippen molar-refractivity contribution in [2.24, 2.45) is 5.92 Å². The molecule has 0 bridgehead atoms. The van der Waals surface area contributed by atoms with Crippen molar-refractivity contribution in [3.63, 3.8) is 0 Å². The first kappa shape index (κ1) is 11.7. The molecule has 0 heterocycles. The van der Waals surface area contributed by atoms with Crippen molar-refractivity contribution >= 4 is 23.2 Å². The molecular formula is C13H12Cl2O. The van der Waals surface area contributed by atoms with Crippen LogP contribution >= 0.6 is 23.2 Å². The van der Waals surface area contributed by atoms with Crippen LogP contribution in [0.25, 0.3) is 0 Å². The molecule has 1 aliphatic rings. The Kier molecular flexibility index (Phi) is 3.38. The minimum atomic E-state index is -1.34. The maximum Gasteiger partial charge on any atom is 0.164 e. The molecule has 1 aromatic rings. The van der Waals surface area contributed by atoms with Gasteiger partial charge in [0.05, 0.1) is 0 Å². The third-order valence-corrected chi connectivity index (χ3v) is 3.31. The number of aliphatic hydroxyl groups is 1. The first-order valence-corrected chi connectivity index (χ1v) is 5.85. The molecule has 2 rings (SSSR count). The molecule has 0 amide bonds. The van der Waals surface area contributed by atoms with Gasteiger partial charge in [-0.05, 0) is 24.1 Å². The van der Waals surface area contributed by atoms with Crippen LogP contribution in [0.2, 0.25) is 0 Å². The van der Waals surface area contributed by atoms with Crippen LogP contribution in [-0.4, -0.2) is 10.2 Å². The van der Waals surface area contributed by atoms with Gasteiger partial charge >= 0.3 is 0 Å². The van der Waals surface area contributed by atoms with Gasteiger partial charge in [0.1, 0.15) is 0 Å². The van der Waals surface area contributed by atoms with Gasteiger partial charge in [-0.3, -0.25) is 0 Å². The quantitative estimate of drug-likeness (QED) is 0.802. The predicted molar refractivity (Wildman–Crippen MR) is 67.5 cm³/mol. The van der Waals surface area contributed by atoms with Crippen LogP contribution in [-0.2, 0) is 6.42 Å². The van der Waals surface area contributed by atoms with Crippen molar-refractivity contribution in [1.82, 2.24) is 0 Å². The lowest BCUT2D eigenvalue weighted by Gasteiger charge is -2.28. The normalized spacial score (nSPS) is 28.9. The molecule has 2 atom stereocenters. The zero-order valence-corrected chi connectivity index (χ0v) is 10.1. The summed E-state index contributed by atoms with van der Waals surface area (Å²) in [6.07, 6.45) is 5.61. The average Bonchev–Trinajstić information content (AvgIpc) is 2.26. The summed E-state index contributed by atoms with van der Waals surface area (Å²) in [5.41, 5.74) is 1.13. The first-order chi connectivity index (χ1) is 7.58. The highest BCUT2D eigenvalue weighted by atomic mass is 35.5. The van der Waals surface area contributed by atoms with E-state index >= 15 is 0 Å². The summed E-state index contributed by atoms with van der Waals surface area (Å²) in [6, 6.07) is 9.90. The van der Waals surface area contributed by atoms with Crippen LogP contribution in [0.4, 0.5) is 0 Å². The van der Waals surface area contributed by atoms with Gasteiger partial charge in [-0.25, -0.2) is 0 Å². The average molecular weight is 255 g/mol. The third kappa shape index (κ3) is 2.67. The van der Waals surface area contributed by atoms with Gasteiger partial charge in [-0.1, -0.05) is 59.6 Å². The maximum absolute atomic E-state index is 9.99. The molecule has 1 aliphatic carbocycles. The van der Waals surface area contributed by atoms with E-state index in [1.54, 1.807) is 12.2 Å². The summed E-state index contributed by atoms with van der Waals surface area (Å²) >= 11 is 11.9. The zero-order chi connectivity index (χ0) is 11.6. The van der Waals surface area contributed by atoms with Crippen LogP contribution in [0.1, 0.15) is 5.56 Å². The summed E-state index contributed by atoms with van der Waals surface area (Å²) in [5, 5.41) is 9.27. The Balaban J connectivity index is 2.18. The minimum absolute atomic E-state index is 0.200. The predicted octanol–water partition coefficient (Wildman–Crippen LogP) is 3.47. The van der Waals surface area contributed by atoms with E-state index in [9.17, 15) is 5.11 Å². The number of hydrogen-bond acceptors (Lipinski definition) is 1. The fourth-order valence-electron chi connectivity index (χ4n) is 1.75. The van der Waals surface area contributed by atoms with Crippen LogP contribution in [0, 0.1) is 5.92 Å². The SMILES string of the molecule is OC1(Cl)C=CC(Cl)=CC1Cc1ccccc1. The van der Waals surface area contributed by atoms with E-state index in [-0.39, 0.29) is 5.92 Å². The summed E-state index contributed by atoms with van der Waals surface area (Å²) in [6.45, 7) is 0. The van der Waals surface area contributed by atoms with Crippen molar-refractivity contribution in [3.8, 4) is 0 Å². The highest BCUT2D eigenvalue weighted by Gasteiger charge is 2.32. The zero-order valence-electron chi connectivity index (χ0n) is 8.61. The summed E-state index contributed by atoms with van der Waals surface area (Å²) in [7, 11) is 0. The summed E-state index contributed by atoms with van der Waals surface area (Å²) in [4.78, 5) is 0. The Bertz CT molecular complexity index is 421. The minimum Gasteiger partial charge on any atom is -0.371 e. The Morgan fingerprint density at radius 2 is 1.94 bits per heavy atom. The lowest BCUT2D eigenvalue weighted by Crippen LogP contribution is -2.31. The van der Waals surface area contributed by atoms with Crippen LogP contribution in [0.15, 0.2) is 53.6 Å². The molecule has 2 unspecified atom stereocenters. The van der Waals surface area contributed by atoms with Crippen LogP contribution in [0.3, 0.4) is 0 Å². The van der Waals surface area contributed by atoms with Crippen molar-refractivity contribution < 1.29 is 5.11 Å². The van der Waals surface area contributed by atoms with E-state index in [2.05, 4.69) is 0 Å². The highest BCUT2D eigenvalue weighted by Crippen LogP contribution is 2.34. The van der Waals surface area contributed by atoms with E-state index in [1.807, 2.05) is 30.3 Å². The van der Waals surface area contributed by atoms with Crippen LogP contribution < -0.4 is 0 Å². The lowest BCUT2D eigenvalue weighted by molar-refractivity contribution is 0.131. The van der Waals surface area contributed by atoms with E-state index in [0.717, 1.165) is 5.56 Å². The number of rotatable bonds is 2. The number of hydrogen-bond donors (Lipinski definition) is 1. The molecule has 0 saturated carbocycles. The van der Waals surface area contributed by atoms with Gasteiger partial charge < -0.3 is 5.11 Å². The van der Waals surface area contributed by atoms with E-state index in [0.29, 0.717) is 11.5 Å². The first-order valence-electron chi connectivity index (χ1n) is 5.10. The Hall–Kier alpha value is -0.760. The molecule has 3 heteroatoms. The lowest BCUT2D eigenvalue weighted by atomic mass is 9.90. The molecule has 0 aliphatic heterocycles. The van der Waals surface area contributed by atoms with Crippen molar-refractivity contribution in [2.75, 3.05) is 0 Å². The molecule has 0 spiro atoms.